The lowest BCUT2D eigenvalue weighted by Crippen LogP contribution is -2.33. The van der Waals surface area contributed by atoms with Crippen molar-refractivity contribution in [3.8, 4) is 5.75 Å². The van der Waals surface area contributed by atoms with Crippen molar-refractivity contribution in [2.24, 2.45) is 0 Å². The second-order valence-electron chi connectivity index (χ2n) is 6.22. The van der Waals surface area contributed by atoms with E-state index in [-0.39, 0.29) is 13.2 Å². The van der Waals surface area contributed by atoms with Crippen LogP contribution in [0.2, 0.25) is 0 Å². The van der Waals surface area contributed by atoms with Crippen LogP contribution in [0.25, 0.3) is 0 Å². The first-order valence-corrected chi connectivity index (χ1v) is 11.3. The lowest BCUT2D eigenvalue weighted by Gasteiger charge is -2.11. The third-order valence-electron chi connectivity index (χ3n) is 3.56. The summed E-state index contributed by atoms with van der Waals surface area (Å²) in [4.78, 5) is 0. The number of ether oxygens (including phenoxy) is 1. The monoisotopic (exact) mass is 392 g/mol. The summed E-state index contributed by atoms with van der Waals surface area (Å²) in [5, 5.41) is -0.920. The van der Waals surface area contributed by atoms with Gasteiger partial charge in [0.1, 0.15) is 12.4 Å². The van der Waals surface area contributed by atoms with Crippen LogP contribution in [0.4, 0.5) is 0 Å². The number of nitrogens with one attached hydrogen (secondary N) is 2. The average Bonchev–Trinajstić information content (AvgIpc) is 2.52. The van der Waals surface area contributed by atoms with E-state index in [0.29, 0.717) is 18.7 Å². The molecule has 0 aromatic heterocycles. The smallest absolute Gasteiger partial charge is 0.214 e. The normalized spacial score (nSPS) is 12.7. The van der Waals surface area contributed by atoms with E-state index in [2.05, 4.69) is 9.44 Å². The van der Waals surface area contributed by atoms with Crippen molar-refractivity contribution in [2.75, 3.05) is 19.7 Å². The van der Waals surface area contributed by atoms with Gasteiger partial charge in [0.15, 0.2) is 0 Å². The molecule has 0 radical (unpaired) electrons. The number of sulfonamides is 2. The van der Waals surface area contributed by atoms with Crippen LogP contribution in [0.1, 0.15) is 33.3 Å². The lowest BCUT2D eigenvalue weighted by atomic mass is 10.1. The van der Waals surface area contributed by atoms with Gasteiger partial charge in [0.25, 0.3) is 0 Å². The first-order valence-electron chi connectivity index (χ1n) is 8.23. The van der Waals surface area contributed by atoms with Gasteiger partial charge in [-0.2, -0.15) is 0 Å². The van der Waals surface area contributed by atoms with E-state index in [9.17, 15) is 16.8 Å². The van der Waals surface area contributed by atoms with Crippen LogP contribution in [-0.4, -0.2) is 47.0 Å². The molecular weight excluding hydrogens is 364 g/mol. The Morgan fingerprint density at radius 3 is 1.80 bits per heavy atom. The topological polar surface area (TPSA) is 102 Å². The summed E-state index contributed by atoms with van der Waals surface area (Å²) in [5.74, 6) is 0.634. The van der Waals surface area contributed by atoms with Crippen molar-refractivity contribution in [2.45, 2.75) is 44.6 Å². The SMILES string of the molecule is CC(C)S(=O)(=O)NCCOc1ccc(CCNS(=O)(=O)C(C)C)cc1. The van der Waals surface area contributed by atoms with Crippen molar-refractivity contribution in [3.63, 3.8) is 0 Å². The molecule has 2 N–H and O–H groups in total. The van der Waals surface area contributed by atoms with Gasteiger partial charge in [-0.05, 0) is 51.8 Å². The maximum Gasteiger partial charge on any atom is 0.214 e. The summed E-state index contributed by atoms with van der Waals surface area (Å²) < 4.78 is 57.0. The zero-order chi connectivity index (χ0) is 19.1. The van der Waals surface area contributed by atoms with Crippen molar-refractivity contribution < 1.29 is 21.6 Å². The standard InChI is InChI=1S/C16H28N2O5S2/c1-13(2)24(19,20)17-10-9-15-5-7-16(8-6-15)23-12-11-18-25(21,22)14(3)4/h5-8,13-14,17-18H,9-12H2,1-4H3. The highest BCUT2D eigenvalue weighted by atomic mass is 32.2. The molecule has 0 spiro atoms. The van der Waals surface area contributed by atoms with Crippen LogP contribution in [-0.2, 0) is 26.5 Å². The maximum absolute atomic E-state index is 11.7. The quantitative estimate of drug-likeness (QED) is 0.552. The van der Waals surface area contributed by atoms with Gasteiger partial charge < -0.3 is 4.74 Å². The van der Waals surface area contributed by atoms with E-state index >= 15 is 0 Å². The minimum absolute atomic E-state index is 0.208. The van der Waals surface area contributed by atoms with Gasteiger partial charge in [0.2, 0.25) is 20.0 Å². The van der Waals surface area contributed by atoms with E-state index in [1.807, 2.05) is 12.1 Å². The highest BCUT2D eigenvalue weighted by Crippen LogP contribution is 2.12. The first kappa shape index (κ1) is 21.9. The summed E-state index contributed by atoms with van der Waals surface area (Å²) >= 11 is 0. The summed E-state index contributed by atoms with van der Waals surface area (Å²) in [6.45, 7) is 7.29. The van der Waals surface area contributed by atoms with Gasteiger partial charge in [-0.1, -0.05) is 12.1 Å². The van der Waals surface area contributed by atoms with Crippen molar-refractivity contribution >= 4 is 20.0 Å². The number of hydrogen-bond donors (Lipinski definition) is 2. The summed E-state index contributed by atoms with van der Waals surface area (Å²) in [6.07, 6.45) is 0.584. The van der Waals surface area contributed by atoms with E-state index in [4.69, 9.17) is 4.74 Å². The lowest BCUT2D eigenvalue weighted by molar-refractivity contribution is 0.322. The van der Waals surface area contributed by atoms with Crippen molar-refractivity contribution in [1.29, 1.82) is 0 Å². The number of benzene rings is 1. The molecule has 144 valence electrons. The molecule has 0 amide bonds. The minimum Gasteiger partial charge on any atom is -0.492 e. The predicted octanol–water partition coefficient (Wildman–Crippen LogP) is 1.26. The maximum atomic E-state index is 11.7. The molecule has 0 fully saturated rings. The Morgan fingerprint density at radius 1 is 0.840 bits per heavy atom. The molecule has 0 atom stereocenters. The molecule has 1 rings (SSSR count). The van der Waals surface area contributed by atoms with Gasteiger partial charge in [-0.15, -0.1) is 0 Å². The third-order valence-corrected chi connectivity index (χ3v) is 7.25. The van der Waals surface area contributed by atoms with Gasteiger partial charge >= 0.3 is 0 Å². The second kappa shape index (κ2) is 9.51. The fourth-order valence-electron chi connectivity index (χ4n) is 1.78. The zero-order valence-corrected chi connectivity index (χ0v) is 16.8. The van der Waals surface area contributed by atoms with Gasteiger partial charge in [-0.25, -0.2) is 26.3 Å². The van der Waals surface area contributed by atoms with Crippen molar-refractivity contribution in [3.05, 3.63) is 29.8 Å². The molecule has 1 aromatic carbocycles. The first-order chi connectivity index (χ1) is 11.5. The summed E-state index contributed by atoms with van der Waals surface area (Å²) in [7, 11) is -6.51. The molecule has 7 nitrogen and oxygen atoms in total. The van der Waals surface area contributed by atoms with Crippen LogP contribution in [0.3, 0.4) is 0 Å². The van der Waals surface area contributed by atoms with Crippen LogP contribution in [0.5, 0.6) is 5.75 Å². The molecule has 0 aliphatic heterocycles. The Bertz CT molecular complexity index is 726. The van der Waals surface area contributed by atoms with E-state index < -0.39 is 30.5 Å². The minimum atomic E-state index is -3.27. The zero-order valence-electron chi connectivity index (χ0n) is 15.2. The number of rotatable bonds is 11. The Morgan fingerprint density at radius 2 is 1.32 bits per heavy atom. The highest BCUT2D eigenvalue weighted by Gasteiger charge is 2.15. The molecule has 0 heterocycles. The fourth-order valence-corrected chi connectivity index (χ4v) is 3.20. The molecule has 0 unspecified atom stereocenters. The Balaban J connectivity index is 2.37. The van der Waals surface area contributed by atoms with Gasteiger partial charge in [-0.3, -0.25) is 0 Å². The molecule has 0 saturated heterocycles. The molecule has 0 aliphatic rings. The van der Waals surface area contributed by atoms with E-state index in [1.54, 1.807) is 39.8 Å². The molecule has 0 saturated carbocycles. The van der Waals surface area contributed by atoms with E-state index in [0.717, 1.165) is 5.56 Å². The predicted molar refractivity (Wildman–Crippen MR) is 99.8 cm³/mol. The second-order valence-corrected chi connectivity index (χ2v) is 10.9. The molecule has 0 bridgehead atoms. The summed E-state index contributed by atoms with van der Waals surface area (Å²) in [5.41, 5.74) is 0.985. The van der Waals surface area contributed by atoms with E-state index in [1.165, 1.54) is 0 Å². The van der Waals surface area contributed by atoms with Crippen LogP contribution >= 0.6 is 0 Å². The van der Waals surface area contributed by atoms with Crippen LogP contribution in [0.15, 0.2) is 24.3 Å². The molecular formula is C16H28N2O5S2. The van der Waals surface area contributed by atoms with Crippen LogP contribution in [0, 0.1) is 0 Å². The highest BCUT2D eigenvalue weighted by molar-refractivity contribution is 7.90. The third kappa shape index (κ3) is 7.72. The van der Waals surface area contributed by atoms with Gasteiger partial charge in [0, 0.05) is 13.1 Å². The van der Waals surface area contributed by atoms with Gasteiger partial charge in [0.05, 0.1) is 10.5 Å². The average molecular weight is 393 g/mol. The molecule has 25 heavy (non-hydrogen) atoms. The Kier molecular flexibility index (Phi) is 8.33. The molecule has 0 aliphatic carbocycles. The Hall–Kier alpha value is -1.16. The van der Waals surface area contributed by atoms with Crippen molar-refractivity contribution in [1.82, 2.24) is 9.44 Å². The molecule has 9 heteroatoms. The Labute approximate surface area is 151 Å². The van der Waals surface area contributed by atoms with Crippen LogP contribution < -0.4 is 14.2 Å². The number of hydrogen-bond acceptors (Lipinski definition) is 5. The fraction of sp³-hybridized carbons (Fsp3) is 0.625. The largest absolute Gasteiger partial charge is 0.492 e. The molecule has 1 aromatic rings. The summed E-state index contributed by atoms with van der Waals surface area (Å²) in [6, 6.07) is 7.28.